The van der Waals surface area contributed by atoms with Gasteiger partial charge in [0.05, 0.1) is 30.6 Å². The highest BCUT2D eigenvalue weighted by atomic mass is 19.1. The maximum absolute atomic E-state index is 14.3. The first-order valence-corrected chi connectivity index (χ1v) is 7.81. The van der Waals surface area contributed by atoms with Gasteiger partial charge in [0.2, 0.25) is 0 Å². The molecule has 2 aromatic rings. The summed E-state index contributed by atoms with van der Waals surface area (Å²) >= 11 is 0. The molecule has 0 bridgehead atoms. The highest BCUT2D eigenvalue weighted by molar-refractivity contribution is 5.95. The van der Waals surface area contributed by atoms with E-state index in [-0.39, 0.29) is 24.3 Å². The van der Waals surface area contributed by atoms with Crippen LogP contribution in [-0.4, -0.2) is 45.0 Å². The molecule has 8 heteroatoms. The van der Waals surface area contributed by atoms with Crippen molar-refractivity contribution in [1.29, 1.82) is 0 Å². The van der Waals surface area contributed by atoms with Gasteiger partial charge in [0.1, 0.15) is 17.2 Å². The van der Waals surface area contributed by atoms with Gasteiger partial charge in [0, 0.05) is 13.1 Å². The van der Waals surface area contributed by atoms with Crippen molar-refractivity contribution in [2.75, 3.05) is 13.1 Å². The van der Waals surface area contributed by atoms with Gasteiger partial charge in [-0.15, -0.1) is 5.10 Å². The third kappa shape index (κ3) is 2.29. The van der Waals surface area contributed by atoms with E-state index in [0.717, 1.165) is 11.8 Å². The predicted octanol–water partition coefficient (Wildman–Crippen LogP) is 1.85. The molecule has 126 valence electrons. The van der Waals surface area contributed by atoms with Crippen molar-refractivity contribution in [3.05, 3.63) is 46.8 Å². The summed E-state index contributed by atoms with van der Waals surface area (Å²) in [5.74, 6) is -2.28. The standard InChI is InChI=1S/C16H16F2N4O2/c1-9-2-3-11(17)14(15(9)18)16(23)21-5-4-13-12(7-21)22-10(8-24-13)6-19-20-22/h2-3,6,12-13H,4-5,7-8H2,1H3. The van der Waals surface area contributed by atoms with Crippen LogP contribution >= 0.6 is 0 Å². The molecule has 2 aliphatic rings. The smallest absolute Gasteiger partial charge is 0.259 e. The molecule has 0 spiro atoms. The van der Waals surface area contributed by atoms with Gasteiger partial charge in [0.15, 0.2) is 0 Å². The summed E-state index contributed by atoms with van der Waals surface area (Å²) in [4.78, 5) is 14.1. The fourth-order valence-electron chi connectivity index (χ4n) is 3.37. The number of benzene rings is 1. The van der Waals surface area contributed by atoms with Crippen LogP contribution in [0, 0.1) is 18.6 Å². The minimum atomic E-state index is -0.841. The Balaban J connectivity index is 1.63. The molecule has 0 aliphatic carbocycles. The highest BCUT2D eigenvalue weighted by Crippen LogP contribution is 2.31. The van der Waals surface area contributed by atoms with E-state index in [9.17, 15) is 13.6 Å². The van der Waals surface area contributed by atoms with Crippen LogP contribution in [0.3, 0.4) is 0 Å². The molecule has 3 heterocycles. The van der Waals surface area contributed by atoms with Gasteiger partial charge in [-0.1, -0.05) is 11.3 Å². The van der Waals surface area contributed by atoms with Crippen LogP contribution < -0.4 is 0 Å². The van der Waals surface area contributed by atoms with Crippen LogP contribution in [0.1, 0.15) is 34.1 Å². The molecule has 2 aliphatic heterocycles. The maximum Gasteiger partial charge on any atom is 0.259 e. The minimum absolute atomic E-state index is 0.0737. The number of rotatable bonds is 1. The van der Waals surface area contributed by atoms with Crippen LogP contribution in [0.15, 0.2) is 18.3 Å². The van der Waals surface area contributed by atoms with Crippen molar-refractivity contribution in [2.24, 2.45) is 0 Å². The highest BCUT2D eigenvalue weighted by Gasteiger charge is 2.39. The number of likely N-dealkylation sites (tertiary alicyclic amines) is 1. The molecular formula is C16H16F2N4O2. The van der Waals surface area contributed by atoms with Crippen LogP contribution in [0.25, 0.3) is 0 Å². The lowest BCUT2D eigenvalue weighted by atomic mass is 9.99. The topological polar surface area (TPSA) is 60.3 Å². The lowest BCUT2D eigenvalue weighted by Crippen LogP contribution is -2.50. The van der Waals surface area contributed by atoms with Crippen molar-refractivity contribution >= 4 is 5.91 Å². The summed E-state index contributed by atoms with van der Waals surface area (Å²) in [6.45, 7) is 2.61. The van der Waals surface area contributed by atoms with E-state index >= 15 is 0 Å². The molecular weight excluding hydrogens is 318 g/mol. The summed E-state index contributed by atoms with van der Waals surface area (Å²) in [7, 11) is 0. The Morgan fingerprint density at radius 2 is 2.21 bits per heavy atom. The largest absolute Gasteiger partial charge is 0.370 e. The van der Waals surface area contributed by atoms with E-state index in [1.807, 2.05) is 0 Å². The van der Waals surface area contributed by atoms with E-state index < -0.39 is 23.1 Å². The molecule has 1 saturated heterocycles. The number of nitrogens with zero attached hydrogens (tertiary/aromatic N) is 4. The molecule has 1 aromatic carbocycles. The summed E-state index contributed by atoms with van der Waals surface area (Å²) in [5.41, 5.74) is 0.580. The zero-order valence-electron chi connectivity index (χ0n) is 13.1. The van der Waals surface area contributed by atoms with Gasteiger partial charge in [0.25, 0.3) is 5.91 Å². The van der Waals surface area contributed by atoms with Gasteiger partial charge in [-0.05, 0) is 25.0 Å². The molecule has 6 nitrogen and oxygen atoms in total. The second kappa shape index (κ2) is 5.62. The third-order valence-electron chi connectivity index (χ3n) is 4.71. The number of carbonyl (C=O) groups excluding carboxylic acids is 1. The lowest BCUT2D eigenvalue weighted by molar-refractivity contribution is -0.0606. The van der Waals surface area contributed by atoms with Crippen LogP contribution in [0.5, 0.6) is 0 Å². The Labute approximate surface area is 137 Å². The van der Waals surface area contributed by atoms with E-state index in [1.54, 1.807) is 10.9 Å². The minimum Gasteiger partial charge on any atom is -0.370 e. The zero-order chi connectivity index (χ0) is 16.8. The number of amides is 1. The van der Waals surface area contributed by atoms with Crippen LogP contribution in [0.4, 0.5) is 8.78 Å². The number of piperidine rings is 1. The first-order chi connectivity index (χ1) is 11.6. The quantitative estimate of drug-likeness (QED) is 0.799. The normalized spacial score (nSPS) is 22.9. The SMILES string of the molecule is Cc1ccc(F)c(C(=O)N2CCC3OCc4cnnn4C3C2)c1F. The number of halogens is 2. The molecule has 2 unspecified atom stereocenters. The molecule has 1 fully saturated rings. The second-order valence-electron chi connectivity index (χ2n) is 6.18. The molecule has 1 aromatic heterocycles. The fourth-order valence-corrected chi connectivity index (χ4v) is 3.37. The van der Waals surface area contributed by atoms with Crippen molar-refractivity contribution in [3.8, 4) is 0 Å². The lowest BCUT2D eigenvalue weighted by Gasteiger charge is -2.41. The second-order valence-corrected chi connectivity index (χ2v) is 6.18. The van der Waals surface area contributed by atoms with E-state index in [1.165, 1.54) is 17.9 Å². The number of aryl methyl sites for hydroxylation is 1. The number of aromatic nitrogens is 3. The Hall–Kier alpha value is -2.35. The Kier molecular flexibility index (Phi) is 3.56. The van der Waals surface area contributed by atoms with Crippen molar-refractivity contribution in [3.63, 3.8) is 0 Å². The Bertz CT molecular complexity index is 807. The first-order valence-electron chi connectivity index (χ1n) is 7.81. The molecule has 4 rings (SSSR count). The van der Waals surface area contributed by atoms with Gasteiger partial charge in [-0.3, -0.25) is 4.79 Å². The Morgan fingerprint density at radius 3 is 3.04 bits per heavy atom. The number of fused-ring (bicyclic) bond motifs is 3. The van der Waals surface area contributed by atoms with E-state index in [2.05, 4.69) is 10.3 Å². The third-order valence-corrected chi connectivity index (χ3v) is 4.71. The first kappa shape index (κ1) is 15.2. The monoisotopic (exact) mass is 334 g/mol. The predicted molar refractivity (Wildman–Crippen MR) is 79.3 cm³/mol. The van der Waals surface area contributed by atoms with Crippen molar-refractivity contribution < 1.29 is 18.3 Å². The molecule has 0 N–H and O–H groups in total. The Morgan fingerprint density at radius 1 is 1.38 bits per heavy atom. The fraction of sp³-hybridized carbons (Fsp3) is 0.438. The van der Waals surface area contributed by atoms with Gasteiger partial charge in [-0.2, -0.15) is 0 Å². The van der Waals surface area contributed by atoms with Crippen LogP contribution in [-0.2, 0) is 11.3 Å². The summed E-state index contributed by atoms with van der Waals surface area (Å²) in [6.07, 6.45) is 2.14. The van der Waals surface area contributed by atoms with E-state index in [4.69, 9.17) is 4.74 Å². The molecule has 2 atom stereocenters. The summed E-state index contributed by atoms with van der Waals surface area (Å²) in [5, 5.41) is 7.93. The van der Waals surface area contributed by atoms with Gasteiger partial charge in [-0.25, -0.2) is 13.5 Å². The van der Waals surface area contributed by atoms with Crippen molar-refractivity contribution in [2.45, 2.75) is 32.1 Å². The van der Waals surface area contributed by atoms with E-state index in [0.29, 0.717) is 19.6 Å². The average molecular weight is 334 g/mol. The van der Waals surface area contributed by atoms with Gasteiger partial charge >= 0.3 is 0 Å². The molecule has 0 radical (unpaired) electrons. The zero-order valence-corrected chi connectivity index (χ0v) is 13.1. The molecule has 0 saturated carbocycles. The average Bonchev–Trinajstić information content (AvgIpc) is 3.07. The number of ether oxygens (including phenoxy) is 1. The number of hydrogen-bond acceptors (Lipinski definition) is 4. The van der Waals surface area contributed by atoms with Crippen molar-refractivity contribution in [1.82, 2.24) is 19.9 Å². The summed E-state index contributed by atoms with van der Waals surface area (Å²) in [6, 6.07) is 2.26. The number of carbonyl (C=O) groups is 1. The molecule has 1 amide bonds. The van der Waals surface area contributed by atoms with Crippen LogP contribution in [0.2, 0.25) is 0 Å². The summed E-state index contributed by atoms with van der Waals surface area (Å²) < 4.78 is 35.8. The molecule has 24 heavy (non-hydrogen) atoms. The van der Waals surface area contributed by atoms with Gasteiger partial charge < -0.3 is 9.64 Å². The number of hydrogen-bond donors (Lipinski definition) is 0. The maximum atomic E-state index is 14.3.